The Hall–Kier alpha value is -4.08. The van der Waals surface area contributed by atoms with Crippen molar-refractivity contribution >= 4 is 23.8 Å². The molecule has 10 nitrogen and oxygen atoms in total. The molecule has 45 heavy (non-hydrogen) atoms. The third kappa shape index (κ3) is 7.10. The fraction of sp³-hybridized carbons (Fsp3) is 0.543. The minimum absolute atomic E-state index is 0.00490. The highest BCUT2D eigenvalue weighted by Crippen LogP contribution is 2.31. The van der Waals surface area contributed by atoms with Gasteiger partial charge in [-0.25, -0.2) is 0 Å². The lowest BCUT2D eigenvalue weighted by molar-refractivity contribution is -0.141. The zero-order chi connectivity index (χ0) is 33.0. The summed E-state index contributed by atoms with van der Waals surface area (Å²) in [6.45, 7) is 12.1. The van der Waals surface area contributed by atoms with Crippen LogP contribution in [-0.4, -0.2) is 60.0 Å². The van der Waals surface area contributed by atoms with Crippen LogP contribution in [0.15, 0.2) is 22.3 Å². The van der Waals surface area contributed by atoms with E-state index in [1.54, 1.807) is 0 Å². The molecule has 244 valence electrons. The molecule has 0 spiro atoms. The molecule has 2 aliphatic rings. The molecule has 4 heterocycles. The number of aromatic amines is 2. The first-order valence-corrected chi connectivity index (χ1v) is 16.0. The van der Waals surface area contributed by atoms with Crippen LogP contribution in [0.25, 0.3) is 0 Å². The number of esters is 2. The van der Waals surface area contributed by atoms with E-state index in [1.807, 2.05) is 20.8 Å². The Morgan fingerprint density at radius 3 is 1.62 bits per heavy atom. The second-order valence-corrected chi connectivity index (χ2v) is 12.2. The summed E-state index contributed by atoms with van der Waals surface area (Å²) in [5, 5.41) is 6.26. The van der Waals surface area contributed by atoms with Crippen LogP contribution in [0, 0.1) is 13.8 Å². The van der Waals surface area contributed by atoms with Crippen molar-refractivity contribution in [3.8, 4) is 0 Å². The molecule has 0 saturated carbocycles. The molecule has 2 aliphatic heterocycles. The average molecular weight is 621 g/mol. The van der Waals surface area contributed by atoms with Crippen LogP contribution < -0.4 is 10.6 Å². The number of carbonyl (C=O) groups is 4. The Morgan fingerprint density at radius 1 is 0.689 bits per heavy atom. The van der Waals surface area contributed by atoms with Crippen LogP contribution in [0.2, 0.25) is 0 Å². The molecule has 2 atom stereocenters. The van der Waals surface area contributed by atoms with Crippen LogP contribution >= 0.6 is 0 Å². The fourth-order valence-electron chi connectivity index (χ4n) is 6.98. The van der Waals surface area contributed by atoms with Gasteiger partial charge in [0, 0.05) is 66.0 Å². The van der Waals surface area contributed by atoms with Crippen molar-refractivity contribution < 1.29 is 28.7 Å². The number of ether oxygens (including phenoxy) is 2. The number of hydrogen-bond acceptors (Lipinski definition) is 6. The van der Waals surface area contributed by atoms with E-state index in [9.17, 15) is 19.2 Å². The molecule has 0 radical (unpaired) electrons. The third-order valence-electron chi connectivity index (χ3n) is 9.79. The lowest BCUT2D eigenvalue weighted by Crippen LogP contribution is -2.31. The van der Waals surface area contributed by atoms with Crippen molar-refractivity contribution in [2.45, 2.75) is 111 Å². The predicted octanol–water partition coefficient (Wildman–Crippen LogP) is 4.30. The van der Waals surface area contributed by atoms with Gasteiger partial charge in [-0.1, -0.05) is 13.8 Å². The van der Waals surface area contributed by atoms with E-state index in [2.05, 4.69) is 41.4 Å². The Balaban J connectivity index is 1.71. The topological polar surface area (TPSA) is 142 Å². The van der Waals surface area contributed by atoms with E-state index < -0.39 is 0 Å². The van der Waals surface area contributed by atoms with Crippen molar-refractivity contribution in [3.63, 3.8) is 0 Å². The molecule has 0 bridgehead atoms. The van der Waals surface area contributed by atoms with E-state index >= 15 is 0 Å². The zero-order valence-electron chi connectivity index (χ0n) is 28.0. The summed E-state index contributed by atoms with van der Waals surface area (Å²) in [6, 6.07) is -0.172. The van der Waals surface area contributed by atoms with Gasteiger partial charge in [0.1, 0.15) is 0 Å². The van der Waals surface area contributed by atoms with Gasteiger partial charge in [0.2, 0.25) is 11.8 Å². The van der Waals surface area contributed by atoms with Gasteiger partial charge in [0.15, 0.2) is 0 Å². The molecule has 4 rings (SSSR count). The van der Waals surface area contributed by atoms with E-state index in [0.717, 1.165) is 73.7 Å². The van der Waals surface area contributed by atoms with Crippen molar-refractivity contribution in [2.75, 3.05) is 14.2 Å². The molecular weight excluding hydrogens is 572 g/mol. The van der Waals surface area contributed by atoms with E-state index in [1.165, 1.54) is 14.2 Å². The monoisotopic (exact) mass is 620 g/mol. The van der Waals surface area contributed by atoms with Gasteiger partial charge in [-0.2, -0.15) is 0 Å². The van der Waals surface area contributed by atoms with E-state index in [4.69, 9.17) is 9.47 Å². The lowest BCUT2D eigenvalue weighted by atomic mass is 9.95. The highest BCUT2D eigenvalue weighted by Gasteiger charge is 2.31. The fourth-order valence-corrected chi connectivity index (χ4v) is 6.98. The van der Waals surface area contributed by atoms with E-state index in [0.29, 0.717) is 38.5 Å². The summed E-state index contributed by atoms with van der Waals surface area (Å²) < 4.78 is 9.90. The quantitative estimate of drug-likeness (QED) is 0.232. The van der Waals surface area contributed by atoms with Gasteiger partial charge in [-0.05, 0) is 86.8 Å². The average Bonchev–Trinajstić information content (AvgIpc) is 3.66. The summed E-state index contributed by atoms with van der Waals surface area (Å²) >= 11 is 0. The van der Waals surface area contributed by atoms with E-state index in [-0.39, 0.29) is 48.7 Å². The SMILES string of the molecule is CCC1=C(C)C(Cc2[nH]c(Cc3[nH]c(CC4NC(=O)C(C)=C4CC)c(C)c3CCC(=O)OC)c(CCC(=O)OC)c2C)NC1=O. The normalized spacial score (nSPS) is 18.1. The Morgan fingerprint density at radius 2 is 1.18 bits per heavy atom. The van der Waals surface area contributed by atoms with Gasteiger partial charge in [0.25, 0.3) is 0 Å². The van der Waals surface area contributed by atoms with Crippen molar-refractivity contribution in [1.29, 1.82) is 0 Å². The predicted molar refractivity (Wildman–Crippen MR) is 172 cm³/mol. The molecule has 2 aromatic rings. The standard InChI is InChI=1S/C35H48N4O6/c1-9-22-21(6)34(42)39-29(22)16-27-20(5)25(12-14-33(41)45-8)31(37-27)17-30-24(11-13-32(40)44-7)19(4)26(36-30)15-28-18(3)23(10-2)35(43)38-28/h28-29,36-37H,9-17H2,1-8H3,(H,38,43)(H,39,42). The van der Waals surface area contributed by atoms with Gasteiger partial charge in [0.05, 0.1) is 26.3 Å². The Bertz CT molecular complexity index is 1560. The zero-order valence-corrected chi connectivity index (χ0v) is 28.0. The minimum atomic E-state index is -0.275. The smallest absolute Gasteiger partial charge is 0.305 e. The molecule has 4 N–H and O–H groups in total. The summed E-state index contributed by atoms with van der Waals surface area (Å²) in [5.74, 6) is -0.577. The maximum absolute atomic E-state index is 12.5. The summed E-state index contributed by atoms with van der Waals surface area (Å²) in [7, 11) is 2.79. The largest absolute Gasteiger partial charge is 0.469 e. The molecule has 0 aliphatic carbocycles. The summed E-state index contributed by atoms with van der Waals surface area (Å²) in [5.41, 5.74) is 12.1. The number of methoxy groups -OCH3 is 2. The van der Waals surface area contributed by atoms with Crippen LogP contribution in [0.3, 0.4) is 0 Å². The Kier molecular flexibility index (Phi) is 10.8. The van der Waals surface area contributed by atoms with Crippen LogP contribution in [0.5, 0.6) is 0 Å². The number of rotatable bonds is 14. The van der Waals surface area contributed by atoms with Gasteiger partial charge in [-0.15, -0.1) is 0 Å². The molecule has 2 amide bonds. The van der Waals surface area contributed by atoms with Crippen molar-refractivity contribution in [2.24, 2.45) is 0 Å². The molecular formula is C35H48N4O6. The third-order valence-corrected chi connectivity index (χ3v) is 9.79. The molecule has 2 unspecified atom stereocenters. The highest BCUT2D eigenvalue weighted by atomic mass is 16.5. The van der Waals surface area contributed by atoms with Crippen molar-refractivity contribution in [3.05, 3.63) is 67.3 Å². The summed E-state index contributed by atoms with van der Waals surface area (Å²) in [4.78, 5) is 56.7. The molecule has 0 fully saturated rings. The van der Waals surface area contributed by atoms with Gasteiger partial charge >= 0.3 is 11.9 Å². The second kappa shape index (κ2) is 14.3. The van der Waals surface area contributed by atoms with Crippen LogP contribution in [-0.2, 0) is 60.8 Å². The first-order valence-electron chi connectivity index (χ1n) is 16.0. The second-order valence-electron chi connectivity index (χ2n) is 12.2. The Labute approximate surface area is 265 Å². The number of H-pyrrole nitrogens is 2. The highest BCUT2D eigenvalue weighted by molar-refractivity contribution is 5.97. The maximum Gasteiger partial charge on any atom is 0.305 e. The lowest BCUT2D eigenvalue weighted by Gasteiger charge is -2.14. The number of hydrogen-bond donors (Lipinski definition) is 4. The maximum atomic E-state index is 12.5. The van der Waals surface area contributed by atoms with Crippen molar-refractivity contribution in [1.82, 2.24) is 20.6 Å². The van der Waals surface area contributed by atoms with Gasteiger partial charge in [-0.3, -0.25) is 19.2 Å². The molecule has 0 aromatic carbocycles. The number of amides is 2. The first kappa shape index (κ1) is 33.8. The van der Waals surface area contributed by atoms with Crippen LogP contribution in [0.4, 0.5) is 0 Å². The number of aromatic nitrogens is 2. The minimum Gasteiger partial charge on any atom is -0.469 e. The molecule has 10 heteroatoms. The summed E-state index contributed by atoms with van der Waals surface area (Å²) in [6.07, 6.45) is 4.78. The van der Waals surface area contributed by atoms with Crippen LogP contribution in [0.1, 0.15) is 98.4 Å². The molecule has 0 saturated heterocycles. The number of carbonyl (C=O) groups excluding carboxylic acids is 4. The molecule has 2 aromatic heterocycles. The first-order chi connectivity index (χ1) is 21.4. The van der Waals surface area contributed by atoms with Gasteiger partial charge < -0.3 is 30.1 Å². The number of nitrogens with one attached hydrogen (secondary N) is 4.